The van der Waals surface area contributed by atoms with Gasteiger partial charge in [-0.15, -0.1) is 13.2 Å². The molecule has 6 saturated heterocycles. The molecule has 8 aliphatic heterocycles. The Morgan fingerprint density at radius 1 is 0.410 bits per heavy atom. The second-order valence-electron chi connectivity index (χ2n) is 40.1. The largest absolute Gasteiger partial charge is 0.408 e. The molecule has 0 radical (unpaired) electrons. The maximum atomic E-state index is 14.7. The monoisotopic (exact) mass is 2140 g/mol. The summed E-state index contributed by atoms with van der Waals surface area (Å²) in [6, 6.07) is 34.2. The molecule has 0 spiro atoms. The Balaban J connectivity index is 0.000000190. The van der Waals surface area contributed by atoms with Gasteiger partial charge in [-0.05, 0) is 84.8 Å². The molecule has 6 fully saturated rings. The molecule has 760 valence electrons. The minimum absolute atomic E-state index is 0.0493. The smallest absolute Gasteiger partial charge is 0.259 e. The summed E-state index contributed by atoms with van der Waals surface area (Å²) in [5, 5.41) is 14.5. The van der Waals surface area contributed by atoms with E-state index in [4.69, 9.17) is 133 Å². The van der Waals surface area contributed by atoms with Gasteiger partial charge in [-0.2, -0.15) is 0 Å². The Labute approximate surface area is 858 Å². The predicted octanol–water partition coefficient (Wildman–Crippen LogP) is 15.2. The van der Waals surface area contributed by atoms with Gasteiger partial charge in [-0.3, -0.25) is 77.4 Å². The highest BCUT2D eigenvalue weighted by Gasteiger charge is 2.57. The number of benzene rings is 4. The van der Waals surface area contributed by atoms with Crippen LogP contribution in [0.25, 0.3) is 44.7 Å². The third kappa shape index (κ3) is 21.4. The van der Waals surface area contributed by atoms with Gasteiger partial charge in [0, 0.05) is 99.0 Å². The van der Waals surface area contributed by atoms with Crippen molar-refractivity contribution in [2.75, 3.05) is 98.9 Å². The van der Waals surface area contributed by atoms with E-state index in [1.54, 1.807) is 95.8 Å². The van der Waals surface area contributed by atoms with Crippen molar-refractivity contribution in [3.05, 3.63) is 232 Å². The summed E-state index contributed by atoms with van der Waals surface area (Å²) in [7, 11) is -5.11. The van der Waals surface area contributed by atoms with E-state index in [2.05, 4.69) is 135 Å². The highest BCUT2D eigenvalue weighted by atomic mass is 32.5. The number of ether oxygens (including phenoxy) is 4. The lowest BCUT2D eigenvalue weighted by molar-refractivity contribution is -0.0426. The van der Waals surface area contributed by atoms with Gasteiger partial charge >= 0.3 is 0 Å². The van der Waals surface area contributed by atoms with Gasteiger partial charge in [0.2, 0.25) is 0 Å². The number of fused-ring (bicyclic) bond motifs is 14. The van der Waals surface area contributed by atoms with Gasteiger partial charge in [0.25, 0.3) is 23.6 Å². The number of nitrogens with one attached hydrogen (secondary N) is 4. The number of imidazole rings is 4. The molecule has 144 heavy (non-hydrogen) atoms. The molecule has 48 heteroatoms. The molecule has 14 bridgehead atoms. The average Bonchev–Trinajstić information content (AvgIpc) is 1.60. The first-order valence-corrected chi connectivity index (χ1v) is 66.0. The maximum absolute atomic E-state index is 14.7. The fourth-order valence-electron chi connectivity index (χ4n) is 18.6. The van der Waals surface area contributed by atoms with Crippen LogP contribution in [0.3, 0.4) is 0 Å². The molecule has 20 atom stereocenters. The van der Waals surface area contributed by atoms with E-state index in [1.807, 2.05) is 130 Å². The Bertz CT molecular complexity index is 7060. The number of carbonyl (C=O) groups excluding carboxylic acids is 4. The van der Waals surface area contributed by atoms with Gasteiger partial charge in [0.1, 0.15) is 87.8 Å². The van der Waals surface area contributed by atoms with E-state index in [9.17, 15) is 19.2 Å². The number of hydrogen-bond donors (Lipinski definition) is 4. The lowest BCUT2D eigenvalue weighted by Crippen LogP contribution is -2.52. The Kier molecular flexibility index (Phi) is 30.5. The van der Waals surface area contributed by atoms with Gasteiger partial charge in [0.15, 0.2) is 97.0 Å². The quantitative estimate of drug-likeness (QED) is 0.0396. The van der Waals surface area contributed by atoms with Crippen LogP contribution in [0.1, 0.15) is 122 Å². The molecule has 0 aliphatic carbocycles. The van der Waals surface area contributed by atoms with E-state index in [-0.39, 0.29) is 116 Å². The number of aromatic nitrogens is 16. The van der Waals surface area contributed by atoms with Crippen molar-refractivity contribution < 1.29 is 65.1 Å². The average molecular weight is 2140 g/mol. The van der Waals surface area contributed by atoms with Crippen molar-refractivity contribution in [1.82, 2.24) is 98.4 Å². The SMILES string of the molecule is C=CCN(C(=O)c1ccccc1)c1ncnc2c1ncn2C1O[C@@H]2COP(C)(=S)N[C@H]3[C@@H](O[Si](C)(C)C(C)(C)C)[C@H](n4cnc5c(N(CC=C)C(=O)c6ccccc6)ncnc54)O[C@@H]3COP(C)(=S)N[C@H]2[C@H]1C.C[C@H]1C2O[C@@H]3COP(C)(=S)N[C@H]4[C@@H](O[Si](C)(C)C(C)(C)C)[C@@H](O[C@@H]4COP(C)(=S)N[C@H]31)n1cnc3c(ncnc31)N(C(=O)c1ccccc1)C/C=C/CN(C(=O)c1ccccc1)c1ncnc3c1ncn32. The minimum atomic E-state index is -2.88. The lowest BCUT2D eigenvalue weighted by atomic mass is 10.00. The summed E-state index contributed by atoms with van der Waals surface area (Å²) in [4.78, 5) is 120. The summed E-state index contributed by atoms with van der Waals surface area (Å²) in [6.07, 6.45) is 1.58. The molecule has 16 heterocycles. The van der Waals surface area contributed by atoms with Crippen molar-refractivity contribution in [3.8, 4) is 0 Å². The number of nitrogens with zero attached hydrogens (tertiary/aromatic N) is 20. The summed E-state index contributed by atoms with van der Waals surface area (Å²) in [5.74, 6) is -0.327. The molecule has 0 saturated carbocycles. The van der Waals surface area contributed by atoms with E-state index < -0.39 is 116 Å². The first-order valence-electron chi connectivity index (χ1n) is 47.5. The fraction of sp³-hybridized carbons (Fsp3) is 0.438. The lowest BCUT2D eigenvalue weighted by Gasteiger charge is -2.41. The zero-order chi connectivity index (χ0) is 102. The van der Waals surface area contributed by atoms with Crippen LogP contribution in [-0.2, 0) is 93.1 Å². The van der Waals surface area contributed by atoms with Gasteiger partial charge in [0.05, 0.1) is 76.0 Å². The van der Waals surface area contributed by atoms with E-state index in [1.165, 1.54) is 35.1 Å². The zero-order valence-corrected chi connectivity index (χ0v) is 91.7. The molecule has 4 amide bonds. The molecule has 38 nitrogen and oxygen atoms in total. The van der Waals surface area contributed by atoms with E-state index >= 15 is 0 Å². The number of amides is 4. The number of rotatable bonds is 16. The molecular weight excluding hydrogens is 2020 g/mol. The summed E-state index contributed by atoms with van der Waals surface area (Å²) >= 11 is 25.4. The van der Waals surface area contributed by atoms with Crippen LogP contribution in [-0.4, -0.2) is 258 Å². The molecule has 8 aliphatic rings. The standard InChI is InChI=1S/C49H62N12O7P2S2Si.C47H58N12O7P2S2Si/c1-11-23-58(45(62)32-19-15-13-16-20-32)41-38-43(52-27-50-41)60(29-54-38)47-31(3)36-34(66-47)25-64-70(8,72)57-37-35(26-65-69(7,71)56-36)67-48(40(37)68-73(9,10)49(4,5)6)61-30-55-39-42(51-28-53-44(39)61)59(24-12-2)46(63)33-21-17-14-18-22-33;1-29-34-32-23-62-68(6,70)55-35-33(24-63-67(5,69)54-34)65-46(38(35)66-71(7,8)47(2,3)4)59-28-53-37-40(49-26-51-42(37)59)57(44(61)31-19-13-10-14-20-31)22-16-15-21-56(43(60)30-17-11-9-12-18-30)39-36-41(50-25-48-39)58(27-52-36)45(29)64-32/h11-22,27-31,34-37,40,47-48H,1-2,23-26H2,3-10H3,(H,56,71)(H,57,72);9-20,25-29,32-35,38,45-46H,21-24H2,1-8H3,(H,54,69)(H,55,70)/b;16-15+/t31-,34-,35-,36+,37-,40-,47?,48-,69?,70?;29-,32-,33-,34+,35-,38-,45?,46-,67?,68?/m11/s1. The molecule has 6 unspecified atom stereocenters. The number of hydrogen-bond acceptors (Lipinski definition) is 30. The Hall–Kier alpha value is -9.35. The van der Waals surface area contributed by atoms with Crippen molar-refractivity contribution in [3.63, 3.8) is 0 Å². The van der Waals surface area contributed by atoms with Gasteiger partial charge < -0.3 is 45.9 Å². The highest BCUT2D eigenvalue weighted by Crippen LogP contribution is 2.55. The first kappa shape index (κ1) is 105. The molecule has 20 rings (SSSR count). The predicted molar refractivity (Wildman–Crippen MR) is 574 cm³/mol. The van der Waals surface area contributed by atoms with Crippen molar-refractivity contribution in [2.24, 2.45) is 11.8 Å². The normalized spacial score (nSPS) is 29.0. The van der Waals surface area contributed by atoms with Crippen LogP contribution in [0.5, 0.6) is 0 Å². The molecule has 4 N–H and O–H groups in total. The second-order valence-corrected chi connectivity index (χ2v) is 66.8. The van der Waals surface area contributed by atoms with E-state index in [0.29, 0.717) is 84.4 Å². The van der Waals surface area contributed by atoms with Gasteiger partial charge in [-0.1, -0.05) is 200 Å². The zero-order valence-electron chi connectivity index (χ0n) is 82.9. The molecule has 4 aromatic carbocycles. The molecular formula is C96H120N24O14P4S4Si2. The maximum Gasteiger partial charge on any atom is 0.259 e. The second kappa shape index (κ2) is 42.0. The Morgan fingerprint density at radius 3 is 1.01 bits per heavy atom. The van der Waals surface area contributed by atoms with E-state index in [0.717, 1.165) is 0 Å². The first-order chi connectivity index (χ1) is 68.5. The fourth-order valence-corrected chi connectivity index (χ4v) is 29.0. The molecule has 8 aromatic heterocycles. The minimum Gasteiger partial charge on any atom is -0.408 e. The number of carbonyl (C=O) groups is 4. The van der Waals surface area contributed by atoms with Gasteiger partial charge in [-0.25, -0.2) is 59.8 Å². The Morgan fingerprint density at radius 2 is 0.688 bits per heavy atom. The van der Waals surface area contributed by atoms with Crippen LogP contribution >= 0.6 is 25.7 Å². The van der Waals surface area contributed by atoms with Crippen LogP contribution in [0.2, 0.25) is 36.3 Å². The highest BCUT2D eigenvalue weighted by molar-refractivity contribution is 8.12. The topological polar surface area (TPSA) is 396 Å². The summed E-state index contributed by atoms with van der Waals surface area (Å²) in [5.41, 5.74) is 5.27. The van der Waals surface area contributed by atoms with Crippen LogP contribution in [0, 0.1) is 11.8 Å². The van der Waals surface area contributed by atoms with Crippen LogP contribution in [0.4, 0.5) is 23.3 Å². The summed E-state index contributed by atoms with van der Waals surface area (Å²) < 4.78 is 77.5. The molecule has 12 aromatic rings. The van der Waals surface area contributed by atoms with Crippen molar-refractivity contribution in [1.29, 1.82) is 0 Å². The van der Waals surface area contributed by atoms with Crippen molar-refractivity contribution >= 4 is 181 Å². The van der Waals surface area contributed by atoms with Crippen molar-refractivity contribution in [2.45, 2.75) is 177 Å². The number of anilines is 4. The van der Waals surface area contributed by atoms with Crippen LogP contribution < -0.4 is 39.9 Å². The third-order valence-electron chi connectivity index (χ3n) is 28.0. The third-order valence-corrected chi connectivity index (χ3v) is 45.1. The van der Waals surface area contributed by atoms with Crippen LogP contribution in [0.15, 0.2) is 209 Å². The summed E-state index contributed by atoms with van der Waals surface area (Å²) in [6.45, 7) is 42.5.